The first-order valence-corrected chi connectivity index (χ1v) is 27.6. The lowest BCUT2D eigenvalue weighted by Crippen LogP contribution is -2.46. The zero-order valence-electron chi connectivity index (χ0n) is 41.1. The Labute approximate surface area is 379 Å². The van der Waals surface area contributed by atoms with E-state index in [1.807, 2.05) is 21.1 Å². The molecule has 1 amide bonds. The van der Waals surface area contributed by atoms with E-state index < -0.39 is 20.0 Å². The van der Waals surface area contributed by atoms with Gasteiger partial charge >= 0.3 is 0 Å². The van der Waals surface area contributed by atoms with Crippen molar-refractivity contribution in [3.05, 3.63) is 24.3 Å². The molecular weight excluding hydrogens is 780 g/mol. The Kier molecular flexibility index (Phi) is 43.5. The number of carbonyl (C=O) groups excluding carboxylic acids is 1. The lowest BCUT2D eigenvalue weighted by molar-refractivity contribution is -0.870. The molecule has 362 valence electrons. The van der Waals surface area contributed by atoms with E-state index in [2.05, 4.69) is 43.5 Å². The molecule has 0 spiro atoms. The Bertz CT molecular complexity index is 1050. The molecule has 9 heteroatoms. The topological polar surface area (TPSA) is 108 Å². The van der Waals surface area contributed by atoms with Gasteiger partial charge < -0.3 is 28.8 Å². The van der Waals surface area contributed by atoms with Crippen molar-refractivity contribution in [1.82, 2.24) is 5.32 Å². The summed E-state index contributed by atoms with van der Waals surface area (Å²) in [4.78, 5) is 25.2. The number of aliphatic hydroxyl groups is 1. The van der Waals surface area contributed by atoms with Crippen LogP contribution in [0.2, 0.25) is 0 Å². The van der Waals surface area contributed by atoms with E-state index in [1.165, 1.54) is 180 Å². The molecule has 0 bridgehead atoms. The minimum atomic E-state index is -4.55. The van der Waals surface area contributed by atoms with Crippen molar-refractivity contribution in [2.75, 3.05) is 40.9 Å². The van der Waals surface area contributed by atoms with Crippen LogP contribution >= 0.6 is 7.82 Å². The van der Waals surface area contributed by atoms with Gasteiger partial charge in [-0.05, 0) is 44.9 Å². The summed E-state index contributed by atoms with van der Waals surface area (Å²) in [7, 11) is 1.31. The highest BCUT2D eigenvalue weighted by Crippen LogP contribution is 2.38. The first-order chi connectivity index (χ1) is 29.5. The summed E-state index contributed by atoms with van der Waals surface area (Å²) in [6.45, 7) is 4.65. The van der Waals surface area contributed by atoms with Gasteiger partial charge in [0.15, 0.2) is 0 Å². The van der Waals surface area contributed by atoms with Gasteiger partial charge in [0.2, 0.25) is 5.91 Å². The molecule has 61 heavy (non-hydrogen) atoms. The van der Waals surface area contributed by atoms with E-state index in [9.17, 15) is 19.4 Å². The van der Waals surface area contributed by atoms with Gasteiger partial charge in [-0.15, -0.1) is 0 Å². The molecule has 0 rings (SSSR count). The summed E-state index contributed by atoms with van der Waals surface area (Å²) in [5.41, 5.74) is 0. The number of likely N-dealkylation sites (N-methyl/N-ethyl adjacent to an activating group) is 1. The first-order valence-electron chi connectivity index (χ1n) is 26.2. The lowest BCUT2D eigenvalue weighted by Gasteiger charge is -2.30. The summed E-state index contributed by atoms with van der Waals surface area (Å²) in [5, 5.41) is 13.8. The van der Waals surface area contributed by atoms with Crippen LogP contribution in [0.1, 0.15) is 251 Å². The number of quaternary nitrogens is 1. The van der Waals surface area contributed by atoms with Crippen molar-refractivity contribution in [3.8, 4) is 0 Å². The van der Waals surface area contributed by atoms with E-state index in [4.69, 9.17) is 9.05 Å². The highest BCUT2D eigenvalue weighted by Gasteiger charge is 2.24. The van der Waals surface area contributed by atoms with Crippen molar-refractivity contribution in [2.45, 2.75) is 264 Å². The van der Waals surface area contributed by atoms with Crippen molar-refractivity contribution in [1.29, 1.82) is 0 Å². The zero-order chi connectivity index (χ0) is 45.0. The maximum Gasteiger partial charge on any atom is 0.268 e. The second-order valence-electron chi connectivity index (χ2n) is 19.2. The standard InChI is InChI=1S/C52H103N2O6P/c1-6-8-10-12-14-15-16-17-18-19-20-21-22-23-24-25-26-27-28-29-30-31-32-33-34-35-36-37-38-39-40-42-44-46-52(56)53-50(51(55)45-43-41-13-11-9-7-2)49-60-61(57,58)59-48-47-54(3,4)5/h16-17,19-20,50-51,55H,6-15,18,21-49H2,1-5H3,(H-,53,56,57,58)/b17-16-,20-19-. The average molecular weight is 883 g/mol. The highest BCUT2D eigenvalue weighted by molar-refractivity contribution is 7.45. The molecule has 0 radical (unpaired) electrons. The second-order valence-corrected chi connectivity index (χ2v) is 20.6. The number of phosphoric ester groups is 1. The van der Waals surface area contributed by atoms with Crippen molar-refractivity contribution < 1.29 is 32.9 Å². The quantitative estimate of drug-likeness (QED) is 0.0273. The lowest BCUT2D eigenvalue weighted by atomic mass is 10.0. The van der Waals surface area contributed by atoms with Gasteiger partial charge in [-0.25, -0.2) is 0 Å². The van der Waals surface area contributed by atoms with Crippen LogP contribution in [0.3, 0.4) is 0 Å². The first kappa shape index (κ1) is 60.0. The van der Waals surface area contributed by atoms with Crippen molar-refractivity contribution in [3.63, 3.8) is 0 Å². The highest BCUT2D eigenvalue weighted by atomic mass is 31.2. The number of amides is 1. The molecule has 0 aliphatic rings. The normalized spacial score (nSPS) is 14.3. The summed E-state index contributed by atoms with van der Waals surface area (Å²) < 4.78 is 23.1. The Hall–Kier alpha value is -1.02. The molecule has 3 atom stereocenters. The molecule has 0 aromatic heterocycles. The summed E-state index contributed by atoms with van der Waals surface area (Å²) in [6.07, 6.45) is 54.0. The summed E-state index contributed by atoms with van der Waals surface area (Å²) >= 11 is 0. The zero-order valence-corrected chi connectivity index (χ0v) is 42.0. The number of nitrogens with zero attached hydrogens (tertiary/aromatic N) is 1. The van der Waals surface area contributed by atoms with Gasteiger partial charge in [0.05, 0.1) is 39.9 Å². The number of aliphatic hydroxyl groups excluding tert-OH is 1. The van der Waals surface area contributed by atoms with Crippen LogP contribution in [-0.4, -0.2) is 68.5 Å². The third kappa shape index (κ3) is 46.8. The fourth-order valence-corrected chi connectivity index (χ4v) is 8.50. The largest absolute Gasteiger partial charge is 0.756 e. The second kappa shape index (κ2) is 44.2. The maximum absolute atomic E-state index is 12.8. The number of carbonyl (C=O) groups is 1. The predicted molar refractivity (Wildman–Crippen MR) is 261 cm³/mol. The number of nitrogens with one attached hydrogen (secondary N) is 1. The number of allylic oxidation sites excluding steroid dienone is 4. The smallest absolute Gasteiger partial charge is 0.268 e. The fraction of sp³-hybridized carbons (Fsp3) is 0.904. The molecule has 0 aliphatic heterocycles. The van der Waals surface area contributed by atoms with Crippen LogP contribution in [0.25, 0.3) is 0 Å². The molecule has 0 saturated heterocycles. The van der Waals surface area contributed by atoms with Crippen LogP contribution in [0.15, 0.2) is 24.3 Å². The van der Waals surface area contributed by atoms with E-state index >= 15 is 0 Å². The molecule has 8 nitrogen and oxygen atoms in total. The van der Waals surface area contributed by atoms with Crippen LogP contribution < -0.4 is 10.2 Å². The van der Waals surface area contributed by atoms with Crippen LogP contribution in [0.4, 0.5) is 0 Å². The molecule has 0 aliphatic carbocycles. The van der Waals surface area contributed by atoms with Crippen LogP contribution in [0.5, 0.6) is 0 Å². The molecular formula is C52H103N2O6P. The van der Waals surface area contributed by atoms with Gasteiger partial charge in [0.1, 0.15) is 13.2 Å². The molecule has 0 aromatic carbocycles. The molecule has 3 unspecified atom stereocenters. The minimum Gasteiger partial charge on any atom is -0.756 e. The molecule has 0 heterocycles. The Morgan fingerprint density at radius 3 is 1.36 bits per heavy atom. The minimum absolute atomic E-state index is 0.0135. The molecule has 2 N–H and O–H groups in total. The molecule has 0 aromatic rings. The monoisotopic (exact) mass is 883 g/mol. The number of unbranched alkanes of at least 4 members (excludes halogenated alkanes) is 31. The number of rotatable bonds is 48. The van der Waals surface area contributed by atoms with E-state index in [0.29, 0.717) is 23.9 Å². The summed E-state index contributed by atoms with van der Waals surface area (Å²) in [6, 6.07) is -0.793. The van der Waals surface area contributed by atoms with E-state index in [1.54, 1.807) is 0 Å². The third-order valence-electron chi connectivity index (χ3n) is 11.9. The number of hydrogen-bond acceptors (Lipinski definition) is 6. The van der Waals surface area contributed by atoms with Gasteiger partial charge in [0.25, 0.3) is 7.82 Å². The van der Waals surface area contributed by atoms with E-state index in [-0.39, 0.29) is 19.1 Å². The molecule has 0 saturated carbocycles. The maximum atomic E-state index is 12.8. The van der Waals surface area contributed by atoms with Crippen LogP contribution in [0, 0.1) is 0 Å². The Balaban J connectivity index is 3.80. The van der Waals surface area contributed by atoms with Gasteiger partial charge in [0, 0.05) is 6.42 Å². The van der Waals surface area contributed by atoms with Gasteiger partial charge in [-0.3, -0.25) is 9.36 Å². The predicted octanol–water partition coefficient (Wildman–Crippen LogP) is 14.6. The van der Waals surface area contributed by atoms with Crippen LogP contribution in [-0.2, 0) is 18.4 Å². The summed E-state index contributed by atoms with van der Waals surface area (Å²) in [5.74, 6) is -0.167. The number of phosphoric acid groups is 1. The number of hydrogen-bond donors (Lipinski definition) is 2. The third-order valence-corrected chi connectivity index (χ3v) is 12.9. The fourth-order valence-electron chi connectivity index (χ4n) is 7.78. The average Bonchev–Trinajstić information content (AvgIpc) is 3.21. The van der Waals surface area contributed by atoms with Gasteiger partial charge in [-0.2, -0.15) is 0 Å². The van der Waals surface area contributed by atoms with Crippen molar-refractivity contribution in [2.24, 2.45) is 0 Å². The van der Waals surface area contributed by atoms with Gasteiger partial charge in [-0.1, -0.05) is 224 Å². The molecule has 0 fully saturated rings. The Morgan fingerprint density at radius 2 is 0.951 bits per heavy atom. The SMILES string of the molecule is CCCCCCC/C=C\C/C=C\CCCCCCCCCCCCCCCCCCCCCCCC(=O)NC(COP(=O)([O-])OCC[N+](C)(C)C)C(O)CCCCCCCC. The van der Waals surface area contributed by atoms with Crippen molar-refractivity contribution >= 4 is 13.7 Å². The van der Waals surface area contributed by atoms with E-state index in [0.717, 1.165) is 44.9 Å². The Morgan fingerprint density at radius 1 is 0.574 bits per heavy atom.